The highest BCUT2D eigenvalue weighted by Crippen LogP contribution is 2.36. The Hall–Kier alpha value is -2.90. The van der Waals surface area contributed by atoms with Gasteiger partial charge in [0.1, 0.15) is 28.6 Å². The lowest BCUT2D eigenvalue weighted by Crippen LogP contribution is -2.07. The van der Waals surface area contributed by atoms with Crippen LogP contribution in [0.1, 0.15) is 15.2 Å². The number of rotatable bonds is 4. The number of hydrogen-bond donors (Lipinski definition) is 0. The summed E-state index contributed by atoms with van der Waals surface area (Å²) in [6, 6.07) is 10.4. The minimum absolute atomic E-state index is 0.147. The number of hydrogen-bond acceptors (Lipinski definition) is 6. The molecule has 0 saturated heterocycles. The number of halogens is 2. The van der Waals surface area contributed by atoms with E-state index in [4.69, 9.17) is 25.5 Å². The summed E-state index contributed by atoms with van der Waals surface area (Å²) in [6.07, 6.45) is 0. The summed E-state index contributed by atoms with van der Waals surface area (Å²) in [7, 11) is 1.51. The monoisotopic (exact) mass is 418 g/mol. The molecule has 0 atom stereocenters. The molecule has 0 bridgehead atoms. The summed E-state index contributed by atoms with van der Waals surface area (Å²) in [5.41, 5.74) is 0.251. The predicted molar refractivity (Wildman–Crippen MR) is 105 cm³/mol. The molecule has 0 N–H and O–H groups in total. The van der Waals surface area contributed by atoms with Crippen LogP contribution in [0.4, 0.5) is 4.39 Å². The van der Waals surface area contributed by atoms with E-state index < -0.39 is 17.4 Å². The first-order chi connectivity index (χ1) is 13.5. The van der Waals surface area contributed by atoms with Gasteiger partial charge in [-0.2, -0.15) is 0 Å². The fraction of sp³-hybridized carbons (Fsp3) is 0.100. The second kappa shape index (κ2) is 7.26. The lowest BCUT2D eigenvalue weighted by molar-refractivity contribution is 0.0480. The highest BCUT2D eigenvalue weighted by atomic mass is 35.5. The van der Waals surface area contributed by atoms with E-state index in [1.165, 1.54) is 31.4 Å². The molecular weight excluding hydrogens is 407 g/mol. The number of thiophene rings is 1. The molecule has 5 nitrogen and oxygen atoms in total. The first-order valence-corrected chi connectivity index (χ1v) is 9.31. The highest BCUT2D eigenvalue weighted by molar-refractivity contribution is 7.21. The van der Waals surface area contributed by atoms with Crippen molar-refractivity contribution in [2.45, 2.75) is 6.61 Å². The third-order valence-corrected chi connectivity index (χ3v) is 5.81. The Morgan fingerprint density at radius 2 is 1.96 bits per heavy atom. The third kappa shape index (κ3) is 3.34. The van der Waals surface area contributed by atoms with Crippen LogP contribution in [0.25, 0.3) is 21.1 Å². The molecule has 2 heterocycles. The van der Waals surface area contributed by atoms with E-state index in [0.717, 1.165) is 11.3 Å². The van der Waals surface area contributed by atoms with Gasteiger partial charge >= 0.3 is 11.6 Å². The van der Waals surface area contributed by atoms with Crippen molar-refractivity contribution in [2.24, 2.45) is 0 Å². The maximum Gasteiger partial charge on any atom is 0.350 e. The van der Waals surface area contributed by atoms with Gasteiger partial charge in [0.2, 0.25) is 0 Å². The molecule has 0 aliphatic rings. The number of benzene rings is 2. The maximum absolute atomic E-state index is 13.4. The van der Waals surface area contributed by atoms with Crippen molar-refractivity contribution in [3.8, 4) is 5.75 Å². The summed E-state index contributed by atoms with van der Waals surface area (Å²) in [6.45, 7) is -0.147. The van der Waals surface area contributed by atoms with Crippen LogP contribution >= 0.6 is 22.9 Å². The fourth-order valence-electron chi connectivity index (χ4n) is 2.84. The van der Waals surface area contributed by atoms with Gasteiger partial charge in [-0.15, -0.1) is 11.3 Å². The minimum Gasteiger partial charge on any atom is -0.497 e. The lowest BCUT2D eigenvalue weighted by Gasteiger charge is -2.08. The summed E-state index contributed by atoms with van der Waals surface area (Å²) in [5, 5.41) is 1.42. The number of esters is 1. The summed E-state index contributed by atoms with van der Waals surface area (Å²) >= 11 is 7.30. The Morgan fingerprint density at radius 3 is 2.75 bits per heavy atom. The van der Waals surface area contributed by atoms with Crippen LogP contribution in [0.3, 0.4) is 0 Å². The van der Waals surface area contributed by atoms with Crippen molar-refractivity contribution >= 4 is 50.0 Å². The van der Waals surface area contributed by atoms with E-state index in [-0.39, 0.29) is 16.5 Å². The van der Waals surface area contributed by atoms with Gasteiger partial charge < -0.3 is 13.9 Å². The van der Waals surface area contributed by atoms with Gasteiger partial charge in [0.15, 0.2) is 0 Å². The molecule has 4 rings (SSSR count). The van der Waals surface area contributed by atoms with Crippen LogP contribution in [0.2, 0.25) is 5.02 Å². The molecule has 4 aromatic rings. The van der Waals surface area contributed by atoms with Crippen LogP contribution in [-0.2, 0) is 11.3 Å². The molecule has 8 heteroatoms. The van der Waals surface area contributed by atoms with E-state index in [1.54, 1.807) is 18.2 Å². The Labute approximate surface area is 166 Å². The zero-order chi connectivity index (χ0) is 19.8. The van der Waals surface area contributed by atoms with Gasteiger partial charge in [0.05, 0.1) is 12.1 Å². The summed E-state index contributed by atoms with van der Waals surface area (Å²) < 4.78 is 29.6. The summed E-state index contributed by atoms with van der Waals surface area (Å²) in [4.78, 5) is 24.5. The second-order valence-corrected chi connectivity index (χ2v) is 7.34. The molecule has 2 aromatic carbocycles. The average molecular weight is 419 g/mol. The quantitative estimate of drug-likeness (QED) is 0.338. The van der Waals surface area contributed by atoms with E-state index in [9.17, 15) is 14.0 Å². The topological polar surface area (TPSA) is 65.7 Å². The zero-order valence-electron chi connectivity index (χ0n) is 14.5. The van der Waals surface area contributed by atoms with Crippen molar-refractivity contribution in [2.75, 3.05) is 7.11 Å². The standard InChI is InChI=1S/C20H12ClFO5S/c1-25-12-3-5-13-10(6-17(23)27-15(13)8-12)9-26-20(24)19-18(21)14-4-2-11(22)7-16(14)28-19/h2-8H,9H2,1H3. The van der Waals surface area contributed by atoms with Crippen LogP contribution in [0.5, 0.6) is 5.75 Å². The van der Waals surface area contributed by atoms with Crippen LogP contribution in [-0.4, -0.2) is 13.1 Å². The van der Waals surface area contributed by atoms with Gasteiger partial charge in [-0.1, -0.05) is 11.6 Å². The molecule has 0 unspecified atom stereocenters. The fourth-order valence-corrected chi connectivity index (χ4v) is 4.26. The molecule has 0 radical (unpaired) electrons. The SMILES string of the molecule is COc1ccc2c(COC(=O)c3sc4cc(F)ccc4c3Cl)cc(=O)oc2c1. The van der Waals surface area contributed by atoms with Crippen LogP contribution < -0.4 is 10.4 Å². The van der Waals surface area contributed by atoms with E-state index in [0.29, 0.717) is 32.4 Å². The lowest BCUT2D eigenvalue weighted by atomic mass is 10.1. The van der Waals surface area contributed by atoms with Crippen molar-refractivity contribution in [3.63, 3.8) is 0 Å². The molecule has 0 aliphatic carbocycles. The smallest absolute Gasteiger partial charge is 0.350 e. The Balaban J connectivity index is 1.63. The largest absolute Gasteiger partial charge is 0.497 e. The highest BCUT2D eigenvalue weighted by Gasteiger charge is 2.19. The van der Waals surface area contributed by atoms with Crippen molar-refractivity contribution in [3.05, 3.63) is 74.2 Å². The Kier molecular flexibility index (Phi) is 4.78. The molecule has 2 aromatic heterocycles. The second-order valence-electron chi connectivity index (χ2n) is 5.91. The molecular formula is C20H12ClFO5S. The first kappa shape index (κ1) is 18.5. The van der Waals surface area contributed by atoms with Gasteiger partial charge in [0, 0.05) is 33.2 Å². The molecule has 0 fully saturated rings. The molecule has 0 aliphatic heterocycles. The van der Waals surface area contributed by atoms with Crippen LogP contribution in [0, 0.1) is 5.82 Å². The van der Waals surface area contributed by atoms with E-state index in [2.05, 4.69) is 0 Å². The summed E-state index contributed by atoms with van der Waals surface area (Å²) in [5.74, 6) is -0.529. The van der Waals surface area contributed by atoms with E-state index >= 15 is 0 Å². The Morgan fingerprint density at radius 1 is 1.18 bits per heavy atom. The molecule has 0 spiro atoms. The average Bonchev–Trinajstić information content (AvgIpc) is 3.00. The number of fused-ring (bicyclic) bond motifs is 2. The van der Waals surface area contributed by atoms with Gasteiger partial charge in [0.25, 0.3) is 0 Å². The minimum atomic E-state index is -0.651. The van der Waals surface area contributed by atoms with Gasteiger partial charge in [-0.3, -0.25) is 0 Å². The van der Waals surface area contributed by atoms with Gasteiger partial charge in [-0.05, 0) is 30.3 Å². The van der Waals surface area contributed by atoms with Crippen molar-refractivity contribution in [1.82, 2.24) is 0 Å². The molecule has 0 amide bonds. The number of methoxy groups -OCH3 is 1. The molecule has 28 heavy (non-hydrogen) atoms. The van der Waals surface area contributed by atoms with E-state index in [1.807, 2.05) is 0 Å². The van der Waals surface area contributed by atoms with Gasteiger partial charge in [-0.25, -0.2) is 14.0 Å². The number of ether oxygens (including phenoxy) is 2. The maximum atomic E-state index is 13.4. The molecule has 142 valence electrons. The predicted octanol–water partition coefficient (Wildman–Crippen LogP) is 5.17. The molecule has 0 saturated carbocycles. The van der Waals surface area contributed by atoms with Crippen LogP contribution in [0.15, 0.2) is 51.7 Å². The Bertz CT molecular complexity index is 1280. The van der Waals surface area contributed by atoms with Crippen molar-refractivity contribution in [1.29, 1.82) is 0 Å². The number of carbonyl (C=O) groups is 1. The van der Waals surface area contributed by atoms with Crippen molar-refractivity contribution < 1.29 is 23.1 Å². The normalized spacial score (nSPS) is 11.1. The zero-order valence-corrected chi connectivity index (χ0v) is 16.0. The first-order valence-electron chi connectivity index (χ1n) is 8.11. The number of carbonyl (C=O) groups excluding carboxylic acids is 1. The third-order valence-electron chi connectivity index (χ3n) is 4.17.